The highest BCUT2D eigenvalue weighted by Crippen LogP contribution is 2.70. The molecule has 9 N–H and O–H groups in total. The molecule has 4 aliphatic carbocycles. The van der Waals surface area contributed by atoms with E-state index in [4.69, 9.17) is 23.7 Å². The molecular formula is C38H66O14. The Labute approximate surface area is 307 Å². The molecule has 0 amide bonds. The van der Waals surface area contributed by atoms with Crippen molar-refractivity contribution < 1.29 is 69.6 Å². The number of rotatable bonds is 11. The molecule has 6 fully saturated rings. The lowest BCUT2D eigenvalue weighted by Crippen LogP contribution is -2.69. The Kier molecular flexibility index (Phi) is 12.5. The first-order chi connectivity index (χ1) is 24.5. The van der Waals surface area contributed by atoms with E-state index < -0.39 is 89.9 Å². The molecule has 6 aliphatic rings. The van der Waals surface area contributed by atoms with Gasteiger partial charge in [-0.05, 0) is 78.9 Å². The summed E-state index contributed by atoms with van der Waals surface area (Å²) in [5.41, 5.74) is -2.34. The first kappa shape index (κ1) is 41.1. The number of aliphatic hydroxyl groups excluding tert-OH is 8. The van der Waals surface area contributed by atoms with Crippen molar-refractivity contribution in [2.75, 3.05) is 26.9 Å². The molecule has 302 valence electrons. The minimum atomic E-state index is -1.37. The molecule has 0 aromatic rings. The van der Waals surface area contributed by atoms with Crippen LogP contribution < -0.4 is 0 Å². The summed E-state index contributed by atoms with van der Waals surface area (Å²) in [6.07, 6.45) is -6.09. The lowest BCUT2D eigenvalue weighted by Gasteiger charge is -2.66. The molecule has 2 heterocycles. The normalized spacial score (nSPS) is 53.4. The molecule has 0 bridgehead atoms. The Balaban J connectivity index is 1.07. The van der Waals surface area contributed by atoms with Gasteiger partial charge in [-0.2, -0.15) is 0 Å². The molecule has 52 heavy (non-hydrogen) atoms. The molecule has 0 aromatic heterocycles. The second kappa shape index (κ2) is 15.8. The highest BCUT2D eigenvalue weighted by Gasteiger charge is 2.72. The molecule has 2 saturated heterocycles. The van der Waals surface area contributed by atoms with Crippen LogP contribution in [0.5, 0.6) is 0 Å². The van der Waals surface area contributed by atoms with Crippen LogP contribution in [0.2, 0.25) is 0 Å². The van der Waals surface area contributed by atoms with E-state index in [0.29, 0.717) is 32.3 Å². The van der Waals surface area contributed by atoms with Gasteiger partial charge in [-0.1, -0.05) is 40.5 Å². The van der Waals surface area contributed by atoms with E-state index >= 15 is 0 Å². The highest BCUT2D eigenvalue weighted by atomic mass is 16.7. The summed E-state index contributed by atoms with van der Waals surface area (Å²) in [6, 6.07) is 0. The van der Waals surface area contributed by atoms with Gasteiger partial charge in [-0.3, -0.25) is 0 Å². The Morgan fingerprint density at radius 1 is 0.750 bits per heavy atom. The number of hydrogen-bond acceptors (Lipinski definition) is 14. The maximum atomic E-state index is 12.8. The van der Waals surface area contributed by atoms with Crippen molar-refractivity contribution in [3.63, 3.8) is 0 Å². The van der Waals surface area contributed by atoms with Crippen molar-refractivity contribution in [2.24, 2.45) is 46.3 Å². The number of fused-ring (bicyclic) bond motifs is 5. The lowest BCUT2D eigenvalue weighted by molar-refractivity contribution is -0.303. The van der Waals surface area contributed by atoms with Gasteiger partial charge < -0.3 is 69.6 Å². The van der Waals surface area contributed by atoms with Crippen molar-refractivity contribution >= 4 is 0 Å². The third-order valence-corrected chi connectivity index (χ3v) is 14.8. The molecule has 2 aliphatic heterocycles. The number of ether oxygens (including phenoxy) is 5. The zero-order valence-electron chi connectivity index (χ0n) is 31.4. The highest BCUT2D eigenvalue weighted by molar-refractivity contribution is 5.21. The predicted molar refractivity (Wildman–Crippen MR) is 184 cm³/mol. The number of aliphatic hydroxyl groups is 9. The summed E-state index contributed by atoms with van der Waals surface area (Å²) in [6.45, 7) is 8.53. The molecule has 5 unspecified atom stereocenters. The van der Waals surface area contributed by atoms with Gasteiger partial charge in [0.15, 0.2) is 12.6 Å². The topological polar surface area (TPSA) is 228 Å². The largest absolute Gasteiger partial charge is 0.393 e. The van der Waals surface area contributed by atoms with Gasteiger partial charge >= 0.3 is 0 Å². The van der Waals surface area contributed by atoms with Crippen LogP contribution in [-0.4, -0.2) is 152 Å². The smallest absolute Gasteiger partial charge is 0.186 e. The SMILES string of the molecule is CO[C@H]1[C@H](O[C@H]2CC[C@@]3(C)C(C2)[C@H](O)C[C@]2(O)C3CC[C@@]3(C)C2C(O)[C@H](O)[C@@H]3[C@H](C)CCCC(C)CO[C@H]2OC[C@H](O)[C@H](O)[C@H]2O)OC[C@@H](O)[C@@H]1O. The zero-order valence-corrected chi connectivity index (χ0v) is 31.4. The van der Waals surface area contributed by atoms with Crippen LogP contribution in [0.3, 0.4) is 0 Å². The first-order valence-corrected chi connectivity index (χ1v) is 19.7. The van der Waals surface area contributed by atoms with Gasteiger partial charge in [0.25, 0.3) is 0 Å². The summed E-state index contributed by atoms with van der Waals surface area (Å²) in [4.78, 5) is 0. The van der Waals surface area contributed by atoms with Crippen LogP contribution in [0.1, 0.15) is 85.5 Å². The quantitative estimate of drug-likeness (QED) is 0.127. The Bertz CT molecular complexity index is 1200. The van der Waals surface area contributed by atoms with Crippen molar-refractivity contribution in [1.82, 2.24) is 0 Å². The van der Waals surface area contributed by atoms with Crippen molar-refractivity contribution in [1.29, 1.82) is 0 Å². The van der Waals surface area contributed by atoms with E-state index in [0.717, 1.165) is 25.7 Å². The van der Waals surface area contributed by atoms with Crippen LogP contribution >= 0.6 is 0 Å². The van der Waals surface area contributed by atoms with Gasteiger partial charge in [0, 0.05) is 19.4 Å². The predicted octanol–water partition coefficient (Wildman–Crippen LogP) is 0.0490. The summed E-state index contributed by atoms with van der Waals surface area (Å²) >= 11 is 0. The number of methoxy groups -OCH3 is 1. The van der Waals surface area contributed by atoms with Crippen LogP contribution in [0, 0.1) is 46.3 Å². The van der Waals surface area contributed by atoms with Crippen molar-refractivity contribution in [3.8, 4) is 0 Å². The van der Waals surface area contributed by atoms with Crippen molar-refractivity contribution in [3.05, 3.63) is 0 Å². The molecule has 14 heteroatoms. The van der Waals surface area contributed by atoms with E-state index in [1.165, 1.54) is 7.11 Å². The monoisotopic (exact) mass is 746 g/mol. The molecule has 4 saturated carbocycles. The van der Waals surface area contributed by atoms with E-state index in [9.17, 15) is 46.0 Å². The second-order valence-corrected chi connectivity index (χ2v) is 18.0. The maximum absolute atomic E-state index is 12.8. The van der Waals surface area contributed by atoms with Crippen LogP contribution in [0.4, 0.5) is 0 Å². The third kappa shape index (κ3) is 7.14. The third-order valence-electron chi connectivity index (χ3n) is 14.8. The summed E-state index contributed by atoms with van der Waals surface area (Å²) in [5.74, 6) is -1.02. The number of hydrogen-bond donors (Lipinski definition) is 9. The average Bonchev–Trinajstić information content (AvgIpc) is 3.30. The molecule has 0 aromatic carbocycles. The first-order valence-electron chi connectivity index (χ1n) is 19.7. The molecule has 0 spiro atoms. The van der Waals surface area contributed by atoms with Gasteiger partial charge in [0.1, 0.15) is 36.6 Å². The van der Waals surface area contributed by atoms with Gasteiger partial charge in [-0.15, -0.1) is 0 Å². The minimum absolute atomic E-state index is 0.0510. The van der Waals surface area contributed by atoms with Crippen LogP contribution in [-0.2, 0) is 23.7 Å². The molecule has 0 radical (unpaired) electrons. The van der Waals surface area contributed by atoms with E-state index in [-0.39, 0.29) is 55.3 Å². The molecular weight excluding hydrogens is 680 g/mol. The van der Waals surface area contributed by atoms with Gasteiger partial charge in [0.05, 0.1) is 49.8 Å². The molecule has 14 nitrogen and oxygen atoms in total. The molecule has 21 atom stereocenters. The van der Waals surface area contributed by atoms with Crippen LogP contribution in [0.15, 0.2) is 0 Å². The maximum Gasteiger partial charge on any atom is 0.186 e. The fraction of sp³-hybridized carbons (Fsp3) is 1.00. The standard InChI is InChI=1S/C38H66O14/c1-18(15-49-34-31(46)27(42)23(40)16-50-34)7-6-8-19(2)26-29(44)30(45)33-37(26,4)12-10-25-36(3)11-9-20(13-21(36)22(39)14-38(25,33)47)52-35-32(48-5)28(43)24(41)17-51-35/h18-35,39-47H,6-17H2,1-5H3/t18?,19-,20+,21?,22-,23+,24-,25?,26+,27+,28+,29-,30?,31-,32-,33?,34+,35+,36+,37-,38+/m1/s1. The van der Waals surface area contributed by atoms with E-state index in [1.807, 2.05) is 6.92 Å². The lowest BCUT2D eigenvalue weighted by atomic mass is 9.42. The Hall–Kier alpha value is -0.560. The van der Waals surface area contributed by atoms with Crippen LogP contribution in [0.25, 0.3) is 0 Å². The Morgan fingerprint density at radius 2 is 1.40 bits per heavy atom. The Morgan fingerprint density at radius 3 is 2.10 bits per heavy atom. The van der Waals surface area contributed by atoms with E-state index in [2.05, 4.69) is 20.8 Å². The fourth-order valence-corrected chi connectivity index (χ4v) is 12.2. The summed E-state index contributed by atoms with van der Waals surface area (Å²) in [5, 5.41) is 98.2. The van der Waals surface area contributed by atoms with Gasteiger partial charge in [0.2, 0.25) is 0 Å². The fourth-order valence-electron chi connectivity index (χ4n) is 12.2. The average molecular weight is 747 g/mol. The zero-order chi connectivity index (χ0) is 37.9. The van der Waals surface area contributed by atoms with E-state index in [1.54, 1.807) is 0 Å². The summed E-state index contributed by atoms with van der Waals surface area (Å²) in [7, 11) is 1.44. The second-order valence-electron chi connectivity index (χ2n) is 18.0. The van der Waals surface area contributed by atoms with Gasteiger partial charge in [-0.25, -0.2) is 0 Å². The van der Waals surface area contributed by atoms with Crippen molar-refractivity contribution in [2.45, 2.75) is 165 Å². The molecule has 6 rings (SSSR count). The minimum Gasteiger partial charge on any atom is -0.393 e. The summed E-state index contributed by atoms with van der Waals surface area (Å²) < 4.78 is 28.5.